The molecule has 3 aromatic rings. The third-order valence-electron chi connectivity index (χ3n) is 11.5. The summed E-state index contributed by atoms with van der Waals surface area (Å²) >= 11 is 0. The number of Topliss-reactive ketones (excluding diaryl/α,β-unsaturated/α-hetero) is 1. The van der Waals surface area contributed by atoms with Crippen LogP contribution in [0.15, 0.2) is 79.4 Å². The first-order valence-corrected chi connectivity index (χ1v) is 22.3. The van der Waals surface area contributed by atoms with E-state index in [0.29, 0.717) is 12.1 Å². The monoisotopic (exact) mass is 855 g/mol. The van der Waals surface area contributed by atoms with Gasteiger partial charge in [0.05, 0.1) is 30.1 Å². The molecule has 4 rings (SSSR count). The smallest absolute Gasteiger partial charge is 0.420 e. The van der Waals surface area contributed by atoms with E-state index in [1.807, 2.05) is 89.2 Å². The lowest BCUT2D eigenvalue weighted by atomic mass is 9.81. The number of carbonyl (C=O) groups excluding carboxylic acids is 5. The van der Waals surface area contributed by atoms with Gasteiger partial charge in [-0.3, -0.25) is 24.2 Å². The largest absolute Gasteiger partial charge is 0.443 e. The highest BCUT2D eigenvalue weighted by molar-refractivity contribution is 5.93. The molecule has 4 N–H and O–H groups in total. The molecule has 0 saturated heterocycles. The Morgan fingerprint density at radius 2 is 1.60 bits per heavy atom. The van der Waals surface area contributed by atoms with E-state index < -0.39 is 53.0 Å². The van der Waals surface area contributed by atoms with E-state index in [1.54, 1.807) is 27.0 Å². The molecular formula is C49H70N6O7. The molecule has 1 fully saturated rings. The number of allylic oxidation sites excluding steroid dienone is 1. The number of aromatic nitrogens is 3. The molecule has 5 atom stereocenters. The number of aliphatic hydroxyl groups excluding tert-OH is 1. The average molecular weight is 855 g/mol. The number of amides is 3. The van der Waals surface area contributed by atoms with Crippen molar-refractivity contribution in [2.24, 2.45) is 29.1 Å². The van der Waals surface area contributed by atoms with Gasteiger partial charge in [-0.25, -0.2) is 14.3 Å². The Morgan fingerprint density at radius 3 is 2.23 bits per heavy atom. The van der Waals surface area contributed by atoms with Gasteiger partial charge in [-0.2, -0.15) is 0 Å². The number of aliphatic hydroxyl groups is 1. The van der Waals surface area contributed by atoms with Crippen LogP contribution in [-0.4, -0.2) is 73.0 Å². The lowest BCUT2D eigenvalue weighted by Crippen LogP contribution is -2.55. The molecule has 62 heavy (non-hydrogen) atoms. The Morgan fingerprint density at radius 1 is 0.903 bits per heavy atom. The van der Waals surface area contributed by atoms with Crippen LogP contribution in [0.3, 0.4) is 0 Å². The molecular weight excluding hydrogens is 785 g/mol. The summed E-state index contributed by atoms with van der Waals surface area (Å²) in [7, 11) is 0. The van der Waals surface area contributed by atoms with E-state index in [2.05, 4.69) is 25.9 Å². The fraction of sp³-hybridized carbons (Fsp3) is 0.571. The third-order valence-corrected chi connectivity index (χ3v) is 11.5. The first kappa shape index (κ1) is 49.5. The maximum Gasteiger partial charge on any atom is 0.420 e. The van der Waals surface area contributed by atoms with Gasteiger partial charge in [0, 0.05) is 36.6 Å². The van der Waals surface area contributed by atoms with Crippen LogP contribution in [-0.2, 0) is 43.3 Å². The highest BCUT2D eigenvalue weighted by atomic mass is 16.6. The summed E-state index contributed by atoms with van der Waals surface area (Å²) in [6.07, 6.45) is 12.2. The zero-order chi connectivity index (χ0) is 45.5. The summed E-state index contributed by atoms with van der Waals surface area (Å²) in [6, 6.07) is 13.0. The van der Waals surface area contributed by atoms with Gasteiger partial charge in [-0.15, -0.1) is 0 Å². The molecule has 3 amide bonds. The fourth-order valence-corrected chi connectivity index (χ4v) is 7.69. The molecule has 0 unspecified atom stereocenters. The summed E-state index contributed by atoms with van der Waals surface area (Å²) in [6.45, 7) is 15.0. The number of hydrogen-bond donors (Lipinski definition) is 4. The number of nitrogens with one attached hydrogen (secondary N) is 3. The van der Waals surface area contributed by atoms with Gasteiger partial charge in [-0.1, -0.05) is 109 Å². The normalized spacial score (nSPS) is 16.2. The second-order valence-corrected chi connectivity index (χ2v) is 19.2. The molecule has 1 aliphatic rings. The number of benzene rings is 1. The van der Waals surface area contributed by atoms with Crippen molar-refractivity contribution in [1.82, 2.24) is 30.5 Å². The summed E-state index contributed by atoms with van der Waals surface area (Å²) in [5, 5.41) is 21.0. The number of ketones is 1. The van der Waals surface area contributed by atoms with E-state index in [1.165, 1.54) is 23.2 Å². The Labute approximate surface area is 368 Å². The second kappa shape index (κ2) is 23.3. The fourth-order valence-electron chi connectivity index (χ4n) is 7.69. The second-order valence-electron chi connectivity index (χ2n) is 19.2. The van der Waals surface area contributed by atoms with Gasteiger partial charge in [0.15, 0.2) is 0 Å². The number of carbonyl (C=O) groups is 5. The van der Waals surface area contributed by atoms with E-state index >= 15 is 0 Å². The van der Waals surface area contributed by atoms with E-state index in [0.717, 1.165) is 43.4 Å². The van der Waals surface area contributed by atoms with Crippen molar-refractivity contribution in [1.29, 1.82) is 0 Å². The molecule has 0 radical (unpaired) electrons. The van der Waals surface area contributed by atoms with Gasteiger partial charge < -0.3 is 25.8 Å². The van der Waals surface area contributed by atoms with Gasteiger partial charge in [0.1, 0.15) is 23.8 Å². The van der Waals surface area contributed by atoms with Crippen LogP contribution in [0.4, 0.5) is 4.79 Å². The maximum atomic E-state index is 14.7. The van der Waals surface area contributed by atoms with Crippen molar-refractivity contribution in [3.05, 3.63) is 96.4 Å². The molecule has 0 aliphatic heterocycles. The Hall–Kier alpha value is -5.17. The molecule has 1 saturated carbocycles. The minimum atomic E-state index is -1.21. The van der Waals surface area contributed by atoms with Gasteiger partial charge in [0.2, 0.25) is 17.7 Å². The molecule has 0 bridgehead atoms. The number of imidazole rings is 1. The Kier molecular flexibility index (Phi) is 18.6. The first-order valence-electron chi connectivity index (χ1n) is 22.3. The minimum absolute atomic E-state index is 0.0390. The maximum absolute atomic E-state index is 14.7. The molecule has 13 nitrogen and oxygen atoms in total. The lowest BCUT2D eigenvalue weighted by Gasteiger charge is -2.33. The number of nitrogens with zero attached hydrogens (tertiary/aromatic N) is 3. The summed E-state index contributed by atoms with van der Waals surface area (Å²) in [4.78, 5) is 77.1. The number of ether oxygens (including phenoxy) is 1. The van der Waals surface area contributed by atoms with Crippen LogP contribution >= 0.6 is 0 Å². The zero-order valence-electron chi connectivity index (χ0n) is 38.1. The van der Waals surface area contributed by atoms with Crippen LogP contribution in [0.25, 0.3) is 0 Å². The summed E-state index contributed by atoms with van der Waals surface area (Å²) in [5.41, 5.74) is 0.443. The SMILES string of the molecule is CC(C)[C@@H](/C=C/C(=O)NCc1ccccn1)C[C@H](O)[C@H](CC1CCCCC1)NC(=O)[C@H](Cc1cncn1C(=O)OC(C)(C)C)NC(=O)[C@@H](CC(=O)C(C)(C)C)Cc1ccccc1. The van der Waals surface area contributed by atoms with E-state index in [-0.39, 0.29) is 61.7 Å². The van der Waals surface area contributed by atoms with Crippen molar-refractivity contribution < 1.29 is 33.8 Å². The quantitative estimate of drug-likeness (QED) is 0.0848. The molecule has 13 heteroatoms. The minimum Gasteiger partial charge on any atom is -0.443 e. The predicted octanol–water partition coefficient (Wildman–Crippen LogP) is 7.30. The molecule has 1 aliphatic carbocycles. The zero-order valence-corrected chi connectivity index (χ0v) is 38.1. The number of hydrogen-bond acceptors (Lipinski definition) is 9. The molecule has 338 valence electrons. The van der Waals surface area contributed by atoms with Crippen molar-refractivity contribution in [2.45, 2.75) is 150 Å². The summed E-state index contributed by atoms with van der Waals surface area (Å²) < 4.78 is 6.85. The van der Waals surface area contributed by atoms with Crippen LogP contribution in [0.5, 0.6) is 0 Å². The average Bonchev–Trinajstić information content (AvgIpc) is 3.69. The molecule has 2 heterocycles. The molecule has 1 aromatic carbocycles. The number of pyridine rings is 1. The van der Waals surface area contributed by atoms with Crippen LogP contribution < -0.4 is 16.0 Å². The van der Waals surface area contributed by atoms with Gasteiger partial charge in [0.25, 0.3) is 0 Å². The first-order chi connectivity index (χ1) is 29.3. The van der Waals surface area contributed by atoms with Gasteiger partial charge in [-0.05, 0) is 81.6 Å². The standard InChI is InChI=1S/C49H70N6O7/c1-33(2)36(22-23-44(58)52-30-38-21-15-16-24-51-38)27-42(56)40(26-35-19-13-10-14-20-35)53-46(60)41(29-39-31-50-32-55(39)47(61)62-49(6,7)8)54-45(59)37(28-43(57)48(3,4)5)25-34-17-11-9-12-18-34/h9,11-12,15-18,21-24,31-33,35-37,40-42,56H,10,13-14,19-20,25-30H2,1-8H3,(H,52,58)(H,53,60)(H,54,59)/b23-22+/t36-,37+,40-,41-,42-/m0/s1. The third kappa shape index (κ3) is 16.6. The Bertz CT molecular complexity index is 1930. The van der Waals surface area contributed by atoms with Crippen molar-refractivity contribution >= 4 is 29.6 Å². The number of rotatable bonds is 20. The van der Waals surface area contributed by atoms with E-state index in [4.69, 9.17) is 4.74 Å². The highest BCUT2D eigenvalue weighted by Crippen LogP contribution is 2.30. The van der Waals surface area contributed by atoms with Crippen LogP contribution in [0.1, 0.15) is 124 Å². The van der Waals surface area contributed by atoms with E-state index in [9.17, 15) is 29.1 Å². The van der Waals surface area contributed by atoms with Crippen molar-refractivity contribution in [3.8, 4) is 0 Å². The van der Waals surface area contributed by atoms with Crippen molar-refractivity contribution in [3.63, 3.8) is 0 Å². The molecule has 0 spiro atoms. The van der Waals surface area contributed by atoms with Crippen LogP contribution in [0, 0.1) is 29.1 Å². The highest BCUT2D eigenvalue weighted by Gasteiger charge is 2.35. The molecule has 2 aromatic heterocycles. The lowest BCUT2D eigenvalue weighted by molar-refractivity contribution is -0.135. The predicted molar refractivity (Wildman–Crippen MR) is 240 cm³/mol. The van der Waals surface area contributed by atoms with Gasteiger partial charge >= 0.3 is 6.09 Å². The Balaban J connectivity index is 1.63. The van der Waals surface area contributed by atoms with Crippen molar-refractivity contribution in [2.75, 3.05) is 0 Å². The van der Waals surface area contributed by atoms with Crippen LogP contribution in [0.2, 0.25) is 0 Å². The summed E-state index contributed by atoms with van der Waals surface area (Å²) in [5.74, 6) is -2.04. The topological polar surface area (TPSA) is 182 Å².